The Balaban J connectivity index is 1.36. The Bertz CT molecular complexity index is 962. The molecule has 5 heteroatoms. The molecule has 31 heavy (non-hydrogen) atoms. The number of ketones is 2. The Labute approximate surface area is 183 Å². The molecule has 1 aromatic rings. The number of fused-ring (bicyclic) bond motifs is 7. The minimum Gasteiger partial charge on any atom is -0.464 e. The molecular weight excluding hydrogens is 392 g/mol. The van der Waals surface area contributed by atoms with Gasteiger partial charge in [-0.1, -0.05) is 19.4 Å². The summed E-state index contributed by atoms with van der Waals surface area (Å²) in [7, 11) is 0. The molecule has 5 aliphatic rings. The van der Waals surface area contributed by atoms with E-state index in [4.69, 9.17) is 13.9 Å². The van der Waals surface area contributed by atoms with Crippen LogP contribution in [0, 0.1) is 28.6 Å². The van der Waals surface area contributed by atoms with E-state index in [1.165, 1.54) is 5.57 Å². The highest BCUT2D eigenvalue weighted by Gasteiger charge is 2.74. The van der Waals surface area contributed by atoms with Crippen molar-refractivity contribution in [2.24, 2.45) is 28.6 Å². The van der Waals surface area contributed by atoms with Crippen molar-refractivity contribution in [2.75, 3.05) is 0 Å². The number of carbonyl (C=O) groups excluding carboxylic acids is 2. The van der Waals surface area contributed by atoms with E-state index in [0.29, 0.717) is 35.7 Å². The van der Waals surface area contributed by atoms with Crippen LogP contribution in [0.5, 0.6) is 0 Å². The molecule has 6 rings (SSSR count). The summed E-state index contributed by atoms with van der Waals surface area (Å²) in [5.74, 6) is 2.53. The molecule has 4 unspecified atom stereocenters. The van der Waals surface area contributed by atoms with Crippen LogP contribution in [0.3, 0.4) is 0 Å². The SMILES string of the molecule is CC(=O)[C@@]12OC(c3ccco3)O[C@@H]1CC1C3CCC4=CC(=O)CC[C@]4(C)C3CC[C@@]12C. The second kappa shape index (κ2) is 6.41. The zero-order valence-corrected chi connectivity index (χ0v) is 18.7. The van der Waals surface area contributed by atoms with Crippen LogP contribution >= 0.6 is 0 Å². The van der Waals surface area contributed by atoms with E-state index in [0.717, 1.165) is 38.5 Å². The van der Waals surface area contributed by atoms with Crippen LogP contribution in [-0.4, -0.2) is 23.3 Å². The number of furan rings is 1. The molecule has 8 atom stereocenters. The van der Waals surface area contributed by atoms with Gasteiger partial charge in [-0.2, -0.15) is 0 Å². The molecule has 4 fully saturated rings. The van der Waals surface area contributed by atoms with Crippen LogP contribution in [0.1, 0.15) is 77.8 Å². The van der Waals surface area contributed by atoms with E-state index in [2.05, 4.69) is 13.8 Å². The third-order valence-corrected chi connectivity index (χ3v) is 10.0. The van der Waals surface area contributed by atoms with Gasteiger partial charge in [0.25, 0.3) is 0 Å². The summed E-state index contributed by atoms with van der Waals surface area (Å²) in [5, 5.41) is 0. The van der Waals surface area contributed by atoms with Crippen molar-refractivity contribution in [3.63, 3.8) is 0 Å². The van der Waals surface area contributed by atoms with Gasteiger partial charge in [-0.3, -0.25) is 9.59 Å². The Morgan fingerprint density at radius 1 is 1.13 bits per heavy atom. The fraction of sp³-hybridized carbons (Fsp3) is 0.692. The molecule has 0 amide bonds. The first kappa shape index (κ1) is 19.9. The number of hydrogen-bond acceptors (Lipinski definition) is 5. The second-order valence-corrected chi connectivity index (χ2v) is 11.0. The van der Waals surface area contributed by atoms with Gasteiger partial charge in [0.2, 0.25) is 6.29 Å². The molecule has 3 saturated carbocycles. The normalized spacial score (nSPS) is 48.4. The number of Topliss-reactive ketones (excluding diaryl/α,β-unsaturated/α-hetero) is 1. The molecule has 0 radical (unpaired) electrons. The predicted molar refractivity (Wildman–Crippen MR) is 113 cm³/mol. The average Bonchev–Trinajstić information content (AvgIpc) is 3.43. The summed E-state index contributed by atoms with van der Waals surface area (Å²) in [6.07, 6.45) is 9.38. The summed E-state index contributed by atoms with van der Waals surface area (Å²) in [6.45, 7) is 6.35. The quantitative estimate of drug-likeness (QED) is 0.656. The first-order valence-corrected chi connectivity index (χ1v) is 11.9. The van der Waals surface area contributed by atoms with E-state index in [1.807, 2.05) is 18.2 Å². The van der Waals surface area contributed by atoms with Gasteiger partial charge in [0.15, 0.2) is 22.9 Å². The lowest BCUT2D eigenvalue weighted by molar-refractivity contribution is -0.187. The lowest BCUT2D eigenvalue weighted by Gasteiger charge is -2.59. The van der Waals surface area contributed by atoms with Crippen molar-refractivity contribution in [3.8, 4) is 0 Å². The van der Waals surface area contributed by atoms with Crippen molar-refractivity contribution < 1.29 is 23.5 Å². The predicted octanol–water partition coefficient (Wildman–Crippen LogP) is 5.16. The number of allylic oxidation sites excluding steroid dienone is 1. The smallest absolute Gasteiger partial charge is 0.218 e. The Morgan fingerprint density at radius 2 is 1.97 bits per heavy atom. The molecule has 0 N–H and O–H groups in total. The molecular formula is C26H32O5. The van der Waals surface area contributed by atoms with Gasteiger partial charge < -0.3 is 13.9 Å². The first-order chi connectivity index (χ1) is 14.8. The van der Waals surface area contributed by atoms with Crippen LogP contribution in [-0.2, 0) is 19.1 Å². The van der Waals surface area contributed by atoms with Crippen LogP contribution < -0.4 is 0 Å². The van der Waals surface area contributed by atoms with Crippen LogP contribution in [0.15, 0.2) is 34.5 Å². The lowest BCUT2D eigenvalue weighted by atomic mass is 9.46. The molecule has 0 bridgehead atoms. The fourth-order valence-corrected chi connectivity index (χ4v) is 8.51. The van der Waals surface area contributed by atoms with Gasteiger partial charge in [0.05, 0.1) is 12.4 Å². The van der Waals surface area contributed by atoms with Crippen molar-refractivity contribution >= 4 is 11.6 Å². The molecule has 166 valence electrons. The van der Waals surface area contributed by atoms with Crippen LogP contribution in [0.2, 0.25) is 0 Å². The average molecular weight is 425 g/mol. The molecule has 1 saturated heterocycles. The fourth-order valence-electron chi connectivity index (χ4n) is 8.51. The summed E-state index contributed by atoms with van der Waals surface area (Å²) in [4.78, 5) is 25.3. The largest absolute Gasteiger partial charge is 0.464 e. The van der Waals surface area contributed by atoms with E-state index in [9.17, 15) is 9.59 Å². The highest BCUT2D eigenvalue weighted by molar-refractivity contribution is 5.91. The highest BCUT2D eigenvalue weighted by atomic mass is 16.8. The zero-order chi connectivity index (χ0) is 21.6. The number of rotatable bonds is 2. The second-order valence-electron chi connectivity index (χ2n) is 11.0. The van der Waals surface area contributed by atoms with Gasteiger partial charge in [0, 0.05) is 11.8 Å². The van der Waals surface area contributed by atoms with E-state index in [-0.39, 0.29) is 22.7 Å². The third-order valence-electron chi connectivity index (χ3n) is 10.0. The molecule has 4 aliphatic carbocycles. The van der Waals surface area contributed by atoms with Crippen LogP contribution in [0.25, 0.3) is 0 Å². The summed E-state index contributed by atoms with van der Waals surface area (Å²) >= 11 is 0. The lowest BCUT2D eigenvalue weighted by Crippen LogP contribution is -2.59. The third kappa shape index (κ3) is 2.40. The summed E-state index contributed by atoms with van der Waals surface area (Å²) in [6, 6.07) is 3.69. The van der Waals surface area contributed by atoms with E-state index < -0.39 is 11.9 Å². The number of hydrogen-bond donors (Lipinski definition) is 0. The maximum atomic E-state index is 13.2. The maximum Gasteiger partial charge on any atom is 0.218 e. The van der Waals surface area contributed by atoms with Gasteiger partial charge in [-0.05, 0) is 86.8 Å². The van der Waals surface area contributed by atoms with Gasteiger partial charge in [0.1, 0.15) is 0 Å². The molecule has 0 aromatic carbocycles. The van der Waals surface area contributed by atoms with Crippen molar-refractivity contribution in [3.05, 3.63) is 35.8 Å². The Hall–Kier alpha value is -1.72. The first-order valence-electron chi connectivity index (χ1n) is 11.9. The van der Waals surface area contributed by atoms with Gasteiger partial charge in [-0.25, -0.2) is 0 Å². The Kier molecular flexibility index (Phi) is 4.12. The minimum absolute atomic E-state index is 0.0841. The molecule has 5 nitrogen and oxygen atoms in total. The molecule has 1 aliphatic heterocycles. The minimum atomic E-state index is -0.903. The molecule has 2 heterocycles. The maximum absolute atomic E-state index is 13.2. The zero-order valence-electron chi connectivity index (χ0n) is 18.7. The topological polar surface area (TPSA) is 65.7 Å². The van der Waals surface area contributed by atoms with Gasteiger partial charge in [-0.15, -0.1) is 0 Å². The molecule has 0 spiro atoms. The monoisotopic (exact) mass is 424 g/mol. The standard InChI is InChI=1S/C26H32O5/c1-15(27)26-22(30-23(31-26)21-5-4-12-29-21)14-20-18-7-6-16-13-17(28)8-10-24(16,2)19(18)9-11-25(20,26)3/h4-5,12-13,18-20,22-23H,6-11,14H2,1-3H3/t18?,19?,20?,22-,23?,24+,25+,26-/m1/s1. The summed E-state index contributed by atoms with van der Waals surface area (Å²) < 4.78 is 18.5. The van der Waals surface area contributed by atoms with Crippen LogP contribution in [0.4, 0.5) is 0 Å². The van der Waals surface area contributed by atoms with Gasteiger partial charge >= 0.3 is 0 Å². The Morgan fingerprint density at radius 3 is 2.71 bits per heavy atom. The highest BCUT2D eigenvalue weighted by Crippen LogP contribution is 2.70. The number of carbonyl (C=O) groups is 2. The summed E-state index contributed by atoms with van der Waals surface area (Å²) in [5.41, 5.74) is 0.351. The number of ether oxygens (including phenoxy) is 2. The van der Waals surface area contributed by atoms with Crippen molar-refractivity contribution in [1.82, 2.24) is 0 Å². The van der Waals surface area contributed by atoms with E-state index >= 15 is 0 Å². The van der Waals surface area contributed by atoms with Crippen molar-refractivity contribution in [2.45, 2.75) is 83.7 Å². The molecule has 1 aromatic heterocycles. The van der Waals surface area contributed by atoms with Crippen molar-refractivity contribution in [1.29, 1.82) is 0 Å². The van der Waals surface area contributed by atoms with E-state index in [1.54, 1.807) is 13.2 Å².